The van der Waals surface area contributed by atoms with Crippen molar-refractivity contribution in [2.24, 2.45) is 0 Å². The minimum absolute atomic E-state index is 0.0573. The Morgan fingerprint density at radius 2 is 1.42 bits per heavy atom. The van der Waals surface area contributed by atoms with Crippen molar-refractivity contribution in [3.05, 3.63) is 129 Å². The van der Waals surface area contributed by atoms with Gasteiger partial charge in [-0.25, -0.2) is 4.79 Å². The summed E-state index contributed by atoms with van der Waals surface area (Å²) in [6, 6.07) is 26.0. The number of carbonyl (C=O) groups is 1. The maximum Gasteiger partial charge on any atom is 0.330 e. The van der Waals surface area contributed by atoms with Gasteiger partial charge in [0, 0.05) is 18.3 Å². The number of H-pyrrole nitrogens is 1. The molecule has 0 bridgehead atoms. The van der Waals surface area contributed by atoms with Crippen LogP contribution in [0, 0.1) is 0 Å². The lowest BCUT2D eigenvalue weighted by Crippen LogP contribution is -2.43. The summed E-state index contributed by atoms with van der Waals surface area (Å²) in [4.78, 5) is 40.3. The van der Waals surface area contributed by atoms with Crippen molar-refractivity contribution in [2.75, 3.05) is 27.4 Å². The highest BCUT2D eigenvalue weighted by molar-refractivity contribution is 5.77. The lowest BCUT2D eigenvalue weighted by atomic mass is 9.80. The molecule has 276 valence electrons. The summed E-state index contributed by atoms with van der Waals surface area (Å²) in [5.41, 5.74) is -0.154. The van der Waals surface area contributed by atoms with Crippen LogP contribution >= 0.6 is 0 Å². The van der Waals surface area contributed by atoms with Crippen molar-refractivity contribution in [1.82, 2.24) is 14.9 Å². The Morgan fingerprint density at radius 3 is 2.00 bits per heavy atom. The number of hydrogen-bond acceptors (Lipinski definition) is 9. The van der Waals surface area contributed by atoms with E-state index in [9.17, 15) is 19.5 Å². The molecule has 1 aliphatic heterocycles. The van der Waals surface area contributed by atoms with Gasteiger partial charge in [0.1, 0.15) is 42.0 Å². The molecule has 6 rings (SSSR count). The quantitative estimate of drug-likeness (QED) is 0.171. The zero-order chi connectivity index (χ0) is 36.5. The van der Waals surface area contributed by atoms with Crippen molar-refractivity contribution in [3.8, 4) is 11.5 Å². The number of rotatable bonds is 13. The summed E-state index contributed by atoms with van der Waals surface area (Å²) in [5.74, 6) is 1.03. The highest BCUT2D eigenvalue weighted by atomic mass is 16.6. The smallest absolute Gasteiger partial charge is 0.330 e. The molecule has 1 saturated carbocycles. The van der Waals surface area contributed by atoms with Gasteiger partial charge in [-0.15, -0.1) is 0 Å². The van der Waals surface area contributed by atoms with Gasteiger partial charge in [0.05, 0.1) is 20.8 Å². The van der Waals surface area contributed by atoms with Crippen LogP contribution in [-0.2, 0) is 24.6 Å². The number of nitrogens with one attached hydrogen (secondary N) is 2. The average molecular weight is 714 g/mol. The summed E-state index contributed by atoms with van der Waals surface area (Å²) < 4.78 is 31.5. The summed E-state index contributed by atoms with van der Waals surface area (Å²) >= 11 is 0. The fourth-order valence-electron chi connectivity index (χ4n) is 7.21. The van der Waals surface area contributed by atoms with Crippen LogP contribution in [0.1, 0.15) is 67.9 Å². The number of methoxy groups -OCH3 is 2. The molecule has 2 aliphatic rings. The van der Waals surface area contributed by atoms with Gasteiger partial charge in [0.2, 0.25) is 5.91 Å². The molecular weight excluding hydrogens is 666 g/mol. The van der Waals surface area contributed by atoms with E-state index in [4.69, 9.17) is 23.7 Å². The second kappa shape index (κ2) is 17.2. The van der Waals surface area contributed by atoms with E-state index in [1.165, 1.54) is 18.7 Å². The van der Waals surface area contributed by atoms with Crippen LogP contribution in [0.3, 0.4) is 0 Å². The fourth-order valence-corrected chi connectivity index (χ4v) is 7.21. The Bertz CT molecular complexity index is 1800. The summed E-state index contributed by atoms with van der Waals surface area (Å²) in [7, 11) is 3.20. The average Bonchev–Trinajstić information content (AvgIpc) is 3.47. The first-order chi connectivity index (χ1) is 25.3. The third-order valence-electron chi connectivity index (χ3n) is 9.95. The molecule has 1 aromatic heterocycles. The fraction of sp³-hybridized carbons (Fsp3) is 0.425. The molecule has 1 saturated heterocycles. The van der Waals surface area contributed by atoms with E-state index in [1.54, 1.807) is 14.2 Å². The molecule has 1 aliphatic carbocycles. The molecule has 3 N–H and O–H groups in total. The molecule has 4 aromatic rings. The van der Waals surface area contributed by atoms with E-state index in [-0.39, 0.29) is 25.2 Å². The van der Waals surface area contributed by atoms with Gasteiger partial charge in [-0.1, -0.05) is 86.7 Å². The van der Waals surface area contributed by atoms with Crippen LogP contribution in [0.4, 0.5) is 0 Å². The van der Waals surface area contributed by atoms with Crippen LogP contribution < -0.4 is 26.0 Å². The lowest BCUT2D eigenvalue weighted by Gasteiger charge is -2.37. The van der Waals surface area contributed by atoms with Gasteiger partial charge in [-0.05, 0) is 53.8 Å². The molecule has 52 heavy (non-hydrogen) atoms. The molecule has 4 atom stereocenters. The van der Waals surface area contributed by atoms with Crippen molar-refractivity contribution in [1.29, 1.82) is 0 Å². The Kier molecular flexibility index (Phi) is 12.2. The lowest BCUT2D eigenvalue weighted by molar-refractivity contribution is -0.134. The summed E-state index contributed by atoms with van der Waals surface area (Å²) in [5, 5.41) is 14.9. The van der Waals surface area contributed by atoms with E-state index >= 15 is 0 Å². The van der Waals surface area contributed by atoms with Gasteiger partial charge < -0.3 is 34.1 Å². The first kappa shape index (κ1) is 37.0. The van der Waals surface area contributed by atoms with Gasteiger partial charge in [-0.2, -0.15) is 0 Å². The highest BCUT2D eigenvalue weighted by Crippen LogP contribution is 2.43. The number of aromatic amines is 1. The number of aliphatic hydroxyl groups excluding tert-OH is 1. The maximum absolute atomic E-state index is 13.1. The Labute approximate surface area is 302 Å². The summed E-state index contributed by atoms with van der Waals surface area (Å²) in [6.45, 7) is -0.508. The monoisotopic (exact) mass is 713 g/mol. The SMILES string of the molecule is COc1ccc(C(OC[C@H]2O[C@@H](n3ccc(=O)[nH]c3=O)C(OCC(=O)NC3CCCCCCC3)C2O)(c2ccccc2)c2ccc(OC)cc2)cc1. The number of benzene rings is 3. The Hall–Kier alpha value is -4.75. The minimum Gasteiger partial charge on any atom is -0.497 e. The Balaban J connectivity index is 1.31. The normalized spacial score (nSPS) is 21.2. The van der Waals surface area contributed by atoms with E-state index in [1.807, 2.05) is 78.9 Å². The second-order valence-electron chi connectivity index (χ2n) is 13.3. The molecule has 0 radical (unpaired) electrons. The molecule has 2 unspecified atom stereocenters. The first-order valence-electron chi connectivity index (χ1n) is 17.9. The zero-order valence-electron chi connectivity index (χ0n) is 29.6. The number of hydrogen-bond donors (Lipinski definition) is 3. The third kappa shape index (κ3) is 8.31. The molecule has 12 heteroatoms. The van der Waals surface area contributed by atoms with Gasteiger partial charge >= 0.3 is 5.69 Å². The molecule has 12 nitrogen and oxygen atoms in total. The number of aromatic nitrogens is 2. The molecule has 2 heterocycles. The van der Waals surface area contributed by atoms with Crippen molar-refractivity contribution < 1.29 is 33.6 Å². The van der Waals surface area contributed by atoms with Gasteiger partial charge in [0.25, 0.3) is 5.56 Å². The predicted molar refractivity (Wildman–Crippen MR) is 193 cm³/mol. The van der Waals surface area contributed by atoms with Crippen LogP contribution in [0.15, 0.2) is 101 Å². The topological polar surface area (TPSA) is 150 Å². The van der Waals surface area contributed by atoms with E-state index < -0.39 is 41.4 Å². The van der Waals surface area contributed by atoms with E-state index in [0.717, 1.165) is 59.8 Å². The molecule has 0 spiro atoms. The van der Waals surface area contributed by atoms with Crippen LogP contribution in [0.2, 0.25) is 0 Å². The molecule has 1 amide bonds. The van der Waals surface area contributed by atoms with Crippen LogP contribution in [0.25, 0.3) is 0 Å². The molecule has 3 aromatic carbocycles. The van der Waals surface area contributed by atoms with Crippen molar-refractivity contribution in [3.63, 3.8) is 0 Å². The minimum atomic E-state index is -1.32. The van der Waals surface area contributed by atoms with Crippen LogP contribution in [-0.4, -0.2) is 72.4 Å². The Morgan fingerprint density at radius 1 is 0.846 bits per heavy atom. The number of aliphatic hydroxyl groups is 1. The van der Waals surface area contributed by atoms with Gasteiger partial charge in [0.15, 0.2) is 6.23 Å². The van der Waals surface area contributed by atoms with Gasteiger partial charge in [-0.3, -0.25) is 19.1 Å². The second-order valence-corrected chi connectivity index (χ2v) is 13.3. The highest BCUT2D eigenvalue weighted by Gasteiger charge is 2.48. The largest absolute Gasteiger partial charge is 0.497 e. The first-order valence-corrected chi connectivity index (χ1v) is 17.9. The number of nitrogens with zero attached hydrogens (tertiary/aromatic N) is 1. The van der Waals surface area contributed by atoms with Crippen molar-refractivity contribution in [2.45, 2.75) is 81.1 Å². The predicted octanol–water partition coefficient (Wildman–Crippen LogP) is 4.44. The van der Waals surface area contributed by atoms with Crippen LogP contribution in [0.5, 0.6) is 11.5 Å². The van der Waals surface area contributed by atoms with Crippen molar-refractivity contribution >= 4 is 5.91 Å². The third-order valence-corrected chi connectivity index (χ3v) is 9.95. The number of carbonyl (C=O) groups excluding carboxylic acids is 1. The molecular formula is C40H47N3O9. The number of amides is 1. The van der Waals surface area contributed by atoms with E-state index in [0.29, 0.717) is 11.5 Å². The molecule has 2 fully saturated rings. The van der Waals surface area contributed by atoms with E-state index in [2.05, 4.69) is 10.3 Å². The zero-order valence-corrected chi connectivity index (χ0v) is 29.6. The maximum atomic E-state index is 13.1. The standard InChI is InChI=1S/C40H47N3O9/c1-48-31-19-15-28(16-20-31)40(27-11-7-6-8-12-27,29-17-21-32(49-2)22-18-29)51-25-33-36(46)37(38(52-33)43-24-23-34(44)42-39(43)47)50-26-35(45)41-30-13-9-4-3-5-10-14-30/h6-8,11-12,15-24,30,33,36-38,46H,3-5,9-10,13-14,25-26H2,1-2H3,(H,41,45)(H,42,44,47)/t33-,36?,37?,38-/m1/s1. The number of ether oxygens (including phenoxy) is 5. The summed E-state index contributed by atoms with van der Waals surface area (Å²) in [6.07, 6.45) is 4.06.